The molecule has 0 aromatic heterocycles. The predicted octanol–water partition coefficient (Wildman–Crippen LogP) is 2.24. The van der Waals surface area contributed by atoms with Crippen molar-refractivity contribution in [1.82, 2.24) is 0 Å². The van der Waals surface area contributed by atoms with Crippen LogP contribution in [0.2, 0.25) is 0 Å². The quantitative estimate of drug-likeness (QED) is 0.556. The van der Waals surface area contributed by atoms with Crippen LogP contribution < -0.4 is 0 Å². The number of fused-ring (bicyclic) bond motifs is 1. The number of aliphatic hydroxyl groups excluding tert-OH is 2. The lowest BCUT2D eigenvalue weighted by molar-refractivity contribution is -0.118. The van der Waals surface area contributed by atoms with Crippen LogP contribution in [0.15, 0.2) is 12.2 Å². The Morgan fingerprint density at radius 1 is 1.35 bits per heavy atom. The average Bonchev–Trinajstić information content (AvgIpc) is 2.93. The highest BCUT2D eigenvalue weighted by Gasteiger charge is 2.48. The number of aliphatic hydroxyl groups is 2. The summed E-state index contributed by atoms with van der Waals surface area (Å²) in [7, 11) is 1.66. The molecule has 6 atom stereocenters. The summed E-state index contributed by atoms with van der Waals surface area (Å²) in [5.41, 5.74) is 0. The Balaban J connectivity index is 1.84. The molecule has 0 amide bonds. The second kappa shape index (κ2) is 7.55. The maximum absolute atomic E-state index is 10.1. The molecule has 4 nitrogen and oxygen atoms in total. The Kier molecular flexibility index (Phi) is 6.02. The molecule has 1 saturated heterocycles. The van der Waals surface area contributed by atoms with Gasteiger partial charge in [0.2, 0.25) is 0 Å². The van der Waals surface area contributed by atoms with Crippen LogP contribution in [0.4, 0.5) is 0 Å². The summed E-state index contributed by atoms with van der Waals surface area (Å²) in [4.78, 5) is 0. The van der Waals surface area contributed by atoms with Crippen molar-refractivity contribution in [3.05, 3.63) is 12.2 Å². The zero-order valence-corrected chi connectivity index (χ0v) is 12.6. The maximum Gasteiger partial charge on any atom is 0.157 e. The molecule has 1 aliphatic heterocycles. The summed E-state index contributed by atoms with van der Waals surface area (Å²) in [6, 6.07) is 0. The van der Waals surface area contributed by atoms with E-state index in [1.807, 2.05) is 12.2 Å². The van der Waals surface area contributed by atoms with Gasteiger partial charge in [-0.15, -0.1) is 0 Å². The second-order valence-electron chi connectivity index (χ2n) is 6.07. The minimum Gasteiger partial charge on any atom is -0.392 e. The summed E-state index contributed by atoms with van der Waals surface area (Å²) in [5.74, 6) is 0.398. The van der Waals surface area contributed by atoms with Crippen molar-refractivity contribution in [2.24, 2.45) is 11.8 Å². The van der Waals surface area contributed by atoms with Crippen molar-refractivity contribution >= 4 is 0 Å². The van der Waals surface area contributed by atoms with E-state index in [0.29, 0.717) is 12.3 Å². The predicted molar refractivity (Wildman–Crippen MR) is 77.2 cm³/mol. The first-order valence-corrected chi connectivity index (χ1v) is 7.88. The van der Waals surface area contributed by atoms with Crippen LogP contribution in [0.3, 0.4) is 0 Å². The van der Waals surface area contributed by atoms with E-state index in [1.165, 1.54) is 0 Å². The first-order valence-electron chi connectivity index (χ1n) is 7.88. The summed E-state index contributed by atoms with van der Waals surface area (Å²) in [6.07, 6.45) is 8.74. The molecule has 20 heavy (non-hydrogen) atoms. The molecule has 0 unspecified atom stereocenters. The highest BCUT2D eigenvalue weighted by atomic mass is 16.7. The number of hydrogen-bond donors (Lipinski definition) is 2. The minimum atomic E-state index is -0.395. The molecule has 1 heterocycles. The van der Waals surface area contributed by atoms with Crippen molar-refractivity contribution in [3.8, 4) is 0 Å². The Hall–Kier alpha value is -0.420. The van der Waals surface area contributed by atoms with Crippen LogP contribution in [0.25, 0.3) is 0 Å². The number of ether oxygens (including phenoxy) is 2. The Labute approximate surface area is 121 Å². The van der Waals surface area contributed by atoms with Crippen LogP contribution in [0, 0.1) is 11.8 Å². The zero-order chi connectivity index (χ0) is 14.5. The Morgan fingerprint density at radius 3 is 2.85 bits per heavy atom. The van der Waals surface area contributed by atoms with Gasteiger partial charge in [-0.1, -0.05) is 38.3 Å². The van der Waals surface area contributed by atoms with Crippen LogP contribution >= 0.6 is 0 Å². The molecule has 0 spiro atoms. The van der Waals surface area contributed by atoms with Crippen LogP contribution in [-0.4, -0.2) is 41.9 Å². The SMILES string of the molecule is CCCCC[C@@H](O)/C=C/[C@H]1[C@@H]2C[C@@H](OC)O[C@@H]2C[C@@H]1O. The monoisotopic (exact) mass is 284 g/mol. The molecular formula is C16H28O4. The highest BCUT2D eigenvalue weighted by Crippen LogP contribution is 2.44. The summed E-state index contributed by atoms with van der Waals surface area (Å²) < 4.78 is 11.0. The van der Waals surface area contributed by atoms with E-state index in [0.717, 1.165) is 32.1 Å². The third-order valence-electron chi connectivity index (χ3n) is 4.60. The van der Waals surface area contributed by atoms with E-state index >= 15 is 0 Å². The van der Waals surface area contributed by atoms with E-state index in [-0.39, 0.29) is 24.4 Å². The normalized spacial score (nSPS) is 38.5. The number of methoxy groups -OCH3 is 1. The van der Waals surface area contributed by atoms with Crippen molar-refractivity contribution in [3.63, 3.8) is 0 Å². The minimum absolute atomic E-state index is 0.0842. The fourth-order valence-corrected chi connectivity index (χ4v) is 3.42. The molecule has 0 aromatic rings. The number of hydrogen-bond acceptors (Lipinski definition) is 4. The molecule has 4 heteroatoms. The van der Waals surface area contributed by atoms with Gasteiger partial charge >= 0.3 is 0 Å². The van der Waals surface area contributed by atoms with Gasteiger partial charge < -0.3 is 19.7 Å². The van der Waals surface area contributed by atoms with E-state index in [1.54, 1.807) is 7.11 Å². The van der Waals surface area contributed by atoms with Crippen LogP contribution in [-0.2, 0) is 9.47 Å². The zero-order valence-electron chi connectivity index (χ0n) is 12.6. The van der Waals surface area contributed by atoms with Crippen LogP contribution in [0.5, 0.6) is 0 Å². The van der Waals surface area contributed by atoms with Crippen molar-refractivity contribution < 1.29 is 19.7 Å². The molecule has 0 radical (unpaired) electrons. The third-order valence-corrected chi connectivity index (χ3v) is 4.60. The summed E-state index contributed by atoms with van der Waals surface area (Å²) in [5, 5.41) is 20.1. The third kappa shape index (κ3) is 3.82. The van der Waals surface area contributed by atoms with Gasteiger partial charge in [-0.25, -0.2) is 0 Å². The average molecular weight is 284 g/mol. The van der Waals surface area contributed by atoms with Crippen molar-refractivity contribution in [2.75, 3.05) is 7.11 Å². The molecule has 2 rings (SSSR count). The van der Waals surface area contributed by atoms with Gasteiger partial charge in [-0.2, -0.15) is 0 Å². The Morgan fingerprint density at radius 2 is 2.15 bits per heavy atom. The number of unbranched alkanes of at least 4 members (excludes halogenated alkanes) is 2. The van der Waals surface area contributed by atoms with E-state index in [2.05, 4.69) is 6.92 Å². The molecule has 0 bridgehead atoms. The van der Waals surface area contributed by atoms with Gasteiger partial charge in [-0.05, 0) is 12.3 Å². The smallest absolute Gasteiger partial charge is 0.157 e. The van der Waals surface area contributed by atoms with Gasteiger partial charge in [0.15, 0.2) is 6.29 Å². The molecule has 0 aromatic carbocycles. The molecule has 2 N–H and O–H groups in total. The first-order chi connectivity index (χ1) is 9.65. The molecule has 116 valence electrons. The molecule has 1 aliphatic carbocycles. The van der Waals surface area contributed by atoms with E-state index < -0.39 is 6.10 Å². The lowest BCUT2D eigenvalue weighted by atomic mass is 9.91. The highest BCUT2D eigenvalue weighted by molar-refractivity contribution is 5.06. The standard InChI is InChI=1S/C16H28O4/c1-3-4-5-6-11(17)7-8-12-13-9-16(19-2)20-15(13)10-14(12)18/h7-8,11-18H,3-6,9-10H2,1-2H3/b8-7+/t11-,12+,13+,14+,15-,16+/m1/s1. The first kappa shape index (κ1) is 16.0. The van der Waals surface area contributed by atoms with Gasteiger partial charge in [-0.3, -0.25) is 0 Å². The van der Waals surface area contributed by atoms with Gasteiger partial charge in [0.25, 0.3) is 0 Å². The van der Waals surface area contributed by atoms with Crippen LogP contribution in [0.1, 0.15) is 45.4 Å². The van der Waals surface area contributed by atoms with Gasteiger partial charge in [0.05, 0.1) is 18.3 Å². The summed E-state index contributed by atoms with van der Waals surface area (Å²) >= 11 is 0. The molecule has 2 fully saturated rings. The molecular weight excluding hydrogens is 256 g/mol. The number of rotatable bonds is 7. The van der Waals surface area contributed by atoms with E-state index in [4.69, 9.17) is 9.47 Å². The van der Waals surface area contributed by atoms with E-state index in [9.17, 15) is 10.2 Å². The second-order valence-corrected chi connectivity index (χ2v) is 6.07. The lowest BCUT2D eigenvalue weighted by Gasteiger charge is -2.17. The van der Waals surface area contributed by atoms with Gasteiger partial charge in [0, 0.05) is 25.9 Å². The Bertz CT molecular complexity index is 318. The molecule has 2 aliphatic rings. The van der Waals surface area contributed by atoms with Gasteiger partial charge in [0.1, 0.15) is 0 Å². The topological polar surface area (TPSA) is 58.9 Å². The summed E-state index contributed by atoms with van der Waals surface area (Å²) in [6.45, 7) is 2.16. The lowest BCUT2D eigenvalue weighted by Crippen LogP contribution is -2.19. The maximum atomic E-state index is 10.1. The largest absolute Gasteiger partial charge is 0.392 e. The van der Waals surface area contributed by atoms with Crippen molar-refractivity contribution in [1.29, 1.82) is 0 Å². The fourth-order valence-electron chi connectivity index (χ4n) is 3.42. The van der Waals surface area contributed by atoms with Crippen molar-refractivity contribution in [2.45, 2.75) is 70.1 Å². The fraction of sp³-hybridized carbons (Fsp3) is 0.875. The molecule has 1 saturated carbocycles.